The van der Waals surface area contributed by atoms with Crippen molar-refractivity contribution in [3.63, 3.8) is 0 Å². The molecular formula is C40H66N4O12. The Bertz CT molecular complexity index is 1260. The van der Waals surface area contributed by atoms with Crippen LogP contribution in [0.2, 0.25) is 0 Å². The third kappa shape index (κ3) is 28.1. The van der Waals surface area contributed by atoms with Crippen LogP contribution >= 0.6 is 0 Å². The van der Waals surface area contributed by atoms with Crippen LogP contribution in [0.15, 0.2) is 30.5 Å². The number of H-pyrrole nitrogens is 1. The second-order valence-electron chi connectivity index (χ2n) is 13.1. The molecule has 0 spiro atoms. The Morgan fingerprint density at radius 3 is 1.43 bits per heavy atom. The smallest absolute Gasteiger partial charge is 0.390 e. The van der Waals surface area contributed by atoms with Gasteiger partial charge in [0.15, 0.2) is 11.9 Å². The highest BCUT2D eigenvalue weighted by Crippen LogP contribution is 2.08. The first-order valence-electron chi connectivity index (χ1n) is 20.1. The van der Waals surface area contributed by atoms with Crippen LogP contribution in [0.5, 0.6) is 0 Å². The Balaban J connectivity index is 1.16. The van der Waals surface area contributed by atoms with Crippen molar-refractivity contribution >= 4 is 17.6 Å². The van der Waals surface area contributed by atoms with E-state index in [-0.39, 0.29) is 18.0 Å². The molecule has 0 aliphatic rings. The first kappa shape index (κ1) is 48.8. The van der Waals surface area contributed by atoms with Crippen LogP contribution in [-0.4, -0.2) is 139 Å². The molecule has 16 heteroatoms. The van der Waals surface area contributed by atoms with Gasteiger partial charge in [0, 0.05) is 112 Å². The van der Waals surface area contributed by atoms with E-state index in [4.69, 9.17) is 37.9 Å². The number of aromatic amines is 1. The number of nitrogens with zero attached hydrogens (tertiary/aromatic N) is 2. The number of hydrogen-bond donors (Lipinski definition) is 2. The second kappa shape index (κ2) is 34.9. The van der Waals surface area contributed by atoms with Gasteiger partial charge in [-0.05, 0) is 75.2 Å². The fraction of sp³-hybridized carbons (Fsp3) is 0.725. The zero-order chi connectivity index (χ0) is 40.2. The Labute approximate surface area is 332 Å². The maximum atomic E-state index is 12.0. The number of aromatic nitrogens is 2. The van der Waals surface area contributed by atoms with Crippen molar-refractivity contribution in [1.82, 2.24) is 15.3 Å². The molecule has 0 unspecified atom stereocenters. The fourth-order valence-corrected chi connectivity index (χ4v) is 5.06. The molecule has 0 bridgehead atoms. The van der Waals surface area contributed by atoms with E-state index in [1.165, 1.54) is 11.1 Å². The number of benzene rings is 1. The molecule has 56 heavy (non-hydrogen) atoms. The number of amides is 1. The summed E-state index contributed by atoms with van der Waals surface area (Å²) >= 11 is 0. The minimum atomic E-state index is -0.696. The number of ether oxygens (including phenoxy) is 8. The van der Waals surface area contributed by atoms with Crippen molar-refractivity contribution in [1.29, 1.82) is 0 Å². The summed E-state index contributed by atoms with van der Waals surface area (Å²) in [7, 11) is 0. The van der Waals surface area contributed by atoms with Gasteiger partial charge in [0.1, 0.15) is 5.78 Å². The van der Waals surface area contributed by atoms with Crippen LogP contribution in [0, 0.1) is 17.0 Å². The van der Waals surface area contributed by atoms with E-state index in [2.05, 4.69) is 46.5 Å². The number of carbonyl (C=O) groups excluding carboxylic acids is 2. The molecule has 0 atom stereocenters. The number of rotatable bonds is 40. The minimum absolute atomic E-state index is 0.0297. The van der Waals surface area contributed by atoms with E-state index in [0.717, 1.165) is 64.0 Å². The van der Waals surface area contributed by atoms with E-state index in [1.54, 1.807) is 0 Å². The number of hydrogen-bond acceptors (Lipinski definition) is 13. The summed E-state index contributed by atoms with van der Waals surface area (Å²) in [5.74, 6) is -0.682. The van der Waals surface area contributed by atoms with E-state index in [0.29, 0.717) is 119 Å². The van der Waals surface area contributed by atoms with Crippen molar-refractivity contribution in [2.24, 2.45) is 0 Å². The molecule has 318 valence electrons. The van der Waals surface area contributed by atoms with Gasteiger partial charge in [-0.1, -0.05) is 34.8 Å². The number of nitrogens with one attached hydrogen (secondary N) is 2. The third-order valence-electron chi connectivity index (χ3n) is 8.12. The molecule has 0 aliphatic heterocycles. The summed E-state index contributed by atoms with van der Waals surface area (Å²) in [6.45, 7) is 12.1. The number of carbonyl (C=O) groups is 2. The standard InChI is InChI=1S/C40H66N4O12/c1-35-12-14-36(15-13-35)10-2-11-37(45)16-32-55-30-8-28-53-26-6-24-51-22-4-20-49-18-3-19-50-21-5-23-52-25-7-27-54-29-9-31-56-33-17-41-39(46)38-34-42-40(43-38)44(47)48/h12-15,34H,2-11,16-33H2,1H3,(H,41,46)(H,42,43). The normalized spacial score (nSPS) is 11.3. The lowest BCUT2D eigenvalue weighted by molar-refractivity contribution is -0.393. The van der Waals surface area contributed by atoms with Crippen LogP contribution in [0.3, 0.4) is 0 Å². The molecule has 1 heterocycles. The molecule has 1 amide bonds. The number of Topliss-reactive ketones (excluding diaryl/α,β-unsaturated/α-hetero) is 1. The van der Waals surface area contributed by atoms with Crippen molar-refractivity contribution in [3.05, 3.63) is 57.4 Å². The number of nitro groups is 1. The average Bonchev–Trinajstić information content (AvgIpc) is 3.70. The molecule has 0 aliphatic carbocycles. The largest absolute Gasteiger partial charge is 0.432 e. The molecule has 0 radical (unpaired) electrons. The lowest BCUT2D eigenvalue weighted by atomic mass is 10.0. The van der Waals surface area contributed by atoms with E-state index in [1.807, 2.05) is 0 Å². The molecule has 1 aromatic carbocycles. The Morgan fingerprint density at radius 1 is 0.607 bits per heavy atom. The Kier molecular flexibility index (Phi) is 30.4. The van der Waals surface area contributed by atoms with Crippen LogP contribution < -0.4 is 5.32 Å². The highest BCUT2D eigenvalue weighted by Gasteiger charge is 2.16. The predicted octanol–water partition coefficient (Wildman–Crippen LogP) is 5.20. The second-order valence-corrected chi connectivity index (χ2v) is 13.1. The SMILES string of the molecule is Cc1ccc(CCCC(=O)CCOCCCOCCCOCCCOCCCOCCCOCCCOCCCOCCNC(=O)c2cnc([N+](=O)[O-])[nH]2)cc1. The average molecular weight is 795 g/mol. The van der Waals surface area contributed by atoms with Gasteiger partial charge in [0.05, 0.1) is 13.2 Å². The summed E-state index contributed by atoms with van der Waals surface area (Å²) in [6, 6.07) is 8.49. The maximum Gasteiger partial charge on any atom is 0.432 e. The van der Waals surface area contributed by atoms with E-state index >= 15 is 0 Å². The van der Waals surface area contributed by atoms with Gasteiger partial charge in [0.25, 0.3) is 5.91 Å². The van der Waals surface area contributed by atoms with Gasteiger partial charge in [-0.2, -0.15) is 0 Å². The van der Waals surface area contributed by atoms with Gasteiger partial charge < -0.3 is 53.3 Å². The van der Waals surface area contributed by atoms with Gasteiger partial charge in [-0.15, -0.1) is 0 Å². The Morgan fingerprint density at radius 2 is 1.02 bits per heavy atom. The predicted molar refractivity (Wildman–Crippen MR) is 210 cm³/mol. The van der Waals surface area contributed by atoms with Gasteiger partial charge in [0.2, 0.25) is 0 Å². The van der Waals surface area contributed by atoms with Crippen molar-refractivity contribution in [2.75, 3.05) is 112 Å². The summed E-state index contributed by atoms with van der Waals surface area (Å²) in [4.78, 5) is 39.7. The van der Waals surface area contributed by atoms with E-state index in [9.17, 15) is 19.7 Å². The van der Waals surface area contributed by atoms with Crippen molar-refractivity contribution < 1.29 is 52.4 Å². The summed E-state index contributed by atoms with van der Waals surface area (Å²) < 4.78 is 44.8. The van der Waals surface area contributed by atoms with Gasteiger partial charge in [-0.25, -0.2) is 4.98 Å². The highest BCUT2D eigenvalue weighted by molar-refractivity contribution is 5.92. The molecule has 16 nitrogen and oxygen atoms in total. The first-order chi connectivity index (χ1) is 27.5. The molecule has 2 rings (SSSR count). The van der Waals surface area contributed by atoms with Crippen LogP contribution in [0.4, 0.5) is 5.95 Å². The summed E-state index contributed by atoms with van der Waals surface area (Å²) in [5, 5.41) is 13.2. The van der Waals surface area contributed by atoms with Crippen LogP contribution in [0.25, 0.3) is 0 Å². The number of ketones is 1. The van der Waals surface area contributed by atoms with Crippen LogP contribution in [0.1, 0.15) is 85.8 Å². The zero-order valence-corrected chi connectivity index (χ0v) is 33.5. The molecule has 0 saturated heterocycles. The molecule has 2 N–H and O–H groups in total. The maximum absolute atomic E-state index is 12.0. The molecule has 0 fully saturated rings. The molecule has 1 aromatic heterocycles. The van der Waals surface area contributed by atoms with E-state index < -0.39 is 16.8 Å². The lowest BCUT2D eigenvalue weighted by Crippen LogP contribution is -2.27. The summed E-state index contributed by atoms with van der Waals surface area (Å²) in [5.41, 5.74) is 2.57. The van der Waals surface area contributed by atoms with Gasteiger partial charge in [-0.3, -0.25) is 9.59 Å². The summed E-state index contributed by atoms with van der Waals surface area (Å²) in [6.07, 6.45) is 9.83. The quantitative estimate of drug-likeness (QED) is 0.0509. The fourth-order valence-electron chi connectivity index (χ4n) is 5.06. The third-order valence-corrected chi connectivity index (χ3v) is 8.12. The van der Waals surface area contributed by atoms with Crippen molar-refractivity contribution in [2.45, 2.75) is 77.6 Å². The zero-order valence-electron chi connectivity index (χ0n) is 33.5. The van der Waals surface area contributed by atoms with Gasteiger partial charge >= 0.3 is 5.95 Å². The minimum Gasteiger partial charge on any atom is -0.390 e. The Hall–Kier alpha value is -3.35. The van der Waals surface area contributed by atoms with Crippen molar-refractivity contribution in [3.8, 4) is 0 Å². The molecule has 2 aromatic rings. The molecule has 0 saturated carbocycles. The molecular weight excluding hydrogens is 728 g/mol. The topological polar surface area (TPSA) is 192 Å². The first-order valence-corrected chi connectivity index (χ1v) is 20.1. The van der Waals surface area contributed by atoms with Crippen LogP contribution in [-0.2, 0) is 49.1 Å². The highest BCUT2D eigenvalue weighted by atomic mass is 16.6. The monoisotopic (exact) mass is 794 g/mol. The lowest BCUT2D eigenvalue weighted by Gasteiger charge is -2.08. The number of imidazole rings is 1. The number of aryl methyl sites for hydroxylation is 2.